The van der Waals surface area contributed by atoms with Gasteiger partial charge in [-0.25, -0.2) is 4.79 Å². The molecule has 0 unspecified atom stereocenters. The van der Waals surface area contributed by atoms with E-state index in [1.807, 2.05) is 49.4 Å². The van der Waals surface area contributed by atoms with Gasteiger partial charge in [0.05, 0.1) is 12.7 Å². The van der Waals surface area contributed by atoms with Gasteiger partial charge in [0.15, 0.2) is 17.3 Å². The van der Waals surface area contributed by atoms with Gasteiger partial charge in [-0.05, 0) is 80.3 Å². The van der Waals surface area contributed by atoms with Crippen molar-refractivity contribution in [2.45, 2.75) is 63.4 Å². The number of dihydropyridines is 1. The van der Waals surface area contributed by atoms with Crippen LogP contribution in [0.5, 0.6) is 17.2 Å². The molecule has 0 spiro atoms. The van der Waals surface area contributed by atoms with Gasteiger partial charge < -0.3 is 24.3 Å². The van der Waals surface area contributed by atoms with E-state index in [1.165, 1.54) is 0 Å². The number of carbonyl (C=O) groups is 2. The van der Waals surface area contributed by atoms with Gasteiger partial charge in [0.1, 0.15) is 11.9 Å². The molecule has 37 heavy (non-hydrogen) atoms. The molecule has 2 aromatic carbocycles. The molecule has 1 saturated carbocycles. The lowest BCUT2D eigenvalue weighted by Crippen LogP contribution is -2.36. The molecule has 2 atom stereocenters. The summed E-state index contributed by atoms with van der Waals surface area (Å²) in [5.41, 5.74) is 4.66. The molecule has 2 heterocycles. The average molecular weight is 502 g/mol. The minimum atomic E-state index is -0.524. The number of ether oxygens (including phenoxy) is 4. The minimum Gasteiger partial charge on any atom is -0.497 e. The maximum absolute atomic E-state index is 13.8. The van der Waals surface area contributed by atoms with Gasteiger partial charge >= 0.3 is 5.97 Å². The lowest BCUT2D eigenvalue weighted by molar-refractivity contribution is -0.144. The van der Waals surface area contributed by atoms with E-state index in [-0.39, 0.29) is 30.6 Å². The second-order valence-corrected chi connectivity index (χ2v) is 10.2. The Kier molecular flexibility index (Phi) is 6.14. The number of rotatable bonds is 5. The summed E-state index contributed by atoms with van der Waals surface area (Å²) < 4.78 is 22.4. The highest BCUT2D eigenvalue weighted by Crippen LogP contribution is 2.47. The van der Waals surface area contributed by atoms with Crippen molar-refractivity contribution < 1.29 is 28.5 Å². The maximum atomic E-state index is 13.8. The van der Waals surface area contributed by atoms with Crippen LogP contribution in [0.15, 0.2) is 65.0 Å². The Morgan fingerprint density at radius 2 is 1.70 bits per heavy atom. The standard InChI is InChI=1S/C30H31NO6/c1-17-27(30(33)37-22-5-3-4-6-22)28(19-9-12-25-26(15-19)36-16-35-25)29-23(31-17)13-20(14-24(29)32)18-7-10-21(34-2)11-8-18/h7-12,15,20,22,28,31H,3-6,13-14,16H2,1-2H3/t20-,28+/m1/s1. The highest BCUT2D eigenvalue weighted by molar-refractivity contribution is 6.04. The molecule has 7 heteroatoms. The van der Waals surface area contributed by atoms with E-state index in [0.717, 1.165) is 54.0 Å². The van der Waals surface area contributed by atoms with Crippen LogP contribution in [0.1, 0.15) is 68.4 Å². The first-order chi connectivity index (χ1) is 18.0. The van der Waals surface area contributed by atoms with Crippen molar-refractivity contribution in [1.29, 1.82) is 0 Å². The van der Waals surface area contributed by atoms with Gasteiger partial charge in [0.2, 0.25) is 6.79 Å². The van der Waals surface area contributed by atoms with Crippen molar-refractivity contribution in [1.82, 2.24) is 5.32 Å². The molecule has 0 radical (unpaired) electrons. The number of methoxy groups -OCH3 is 1. The van der Waals surface area contributed by atoms with Crippen LogP contribution in [-0.2, 0) is 14.3 Å². The highest BCUT2D eigenvalue weighted by Gasteiger charge is 2.42. The molecular weight excluding hydrogens is 470 g/mol. The number of esters is 1. The zero-order chi connectivity index (χ0) is 25.5. The van der Waals surface area contributed by atoms with E-state index in [4.69, 9.17) is 18.9 Å². The molecule has 2 aliphatic heterocycles. The van der Waals surface area contributed by atoms with Gasteiger partial charge in [-0.1, -0.05) is 18.2 Å². The van der Waals surface area contributed by atoms with Crippen molar-refractivity contribution in [2.24, 2.45) is 0 Å². The fourth-order valence-electron chi connectivity index (χ4n) is 6.07. The minimum absolute atomic E-state index is 0.0379. The molecular formula is C30H31NO6. The number of allylic oxidation sites excluding steroid dienone is 3. The molecule has 6 rings (SSSR count). The smallest absolute Gasteiger partial charge is 0.337 e. The van der Waals surface area contributed by atoms with Crippen molar-refractivity contribution in [2.75, 3.05) is 13.9 Å². The normalized spacial score (nSPS) is 23.1. The summed E-state index contributed by atoms with van der Waals surface area (Å²) in [6, 6.07) is 13.6. The summed E-state index contributed by atoms with van der Waals surface area (Å²) in [7, 11) is 1.64. The van der Waals surface area contributed by atoms with E-state index >= 15 is 0 Å². The van der Waals surface area contributed by atoms with Crippen molar-refractivity contribution in [3.05, 3.63) is 76.1 Å². The highest BCUT2D eigenvalue weighted by atomic mass is 16.7. The Morgan fingerprint density at radius 1 is 0.973 bits per heavy atom. The summed E-state index contributed by atoms with van der Waals surface area (Å²) in [4.78, 5) is 27.4. The van der Waals surface area contributed by atoms with Crippen LogP contribution >= 0.6 is 0 Å². The summed E-state index contributed by atoms with van der Waals surface area (Å²) in [5.74, 6) is 1.28. The molecule has 2 aliphatic carbocycles. The third-order valence-electron chi connectivity index (χ3n) is 7.94. The quantitative estimate of drug-likeness (QED) is 0.559. The van der Waals surface area contributed by atoms with E-state index < -0.39 is 5.92 Å². The number of Topliss-reactive ketones (excluding diaryl/α,β-unsaturated/α-hetero) is 1. The van der Waals surface area contributed by atoms with Crippen molar-refractivity contribution in [3.8, 4) is 17.2 Å². The lowest BCUT2D eigenvalue weighted by atomic mass is 9.71. The fourth-order valence-corrected chi connectivity index (χ4v) is 6.07. The summed E-state index contributed by atoms with van der Waals surface area (Å²) in [6.45, 7) is 2.06. The summed E-state index contributed by atoms with van der Waals surface area (Å²) in [6.07, 6.45) is 4.89. The van der Waals surface area contributed by atoms with Crippen molar-refractivity contribution >= 4 is 11.8 Å². The first kappa shape index (κ1) is 23.6. The van der Waals surface area contributed by atoms with Crippen LogP contribution in [0.2, 0.25) is 0 Å². The summed E-state index contributed by atoms with van der Waals surface area (Å²) in [5, 5.41) is 3.44. The van der Waals surface area contributed by atoms with Gasteiger partial charge in [0, 0.05) is 29.3 Å². The van der Waals surface area contributed by atoms with Crippen LogP contribution in [0.25, 0.3) is 0 Å². The summed E-state index contributed by atoms with van der Waals surface area (Å²) >= 11 is 0. The number of hydrogen-bond donors (Lipinski definition) is 1. The lowest BCUT2D eigenvalue weighted by Gasteiger charge is -2.37. The Labute approximate surface area is 216 Å². The molecule has 7 nitrogen and oxygen atoms in total. The third kappa shape index (κ3) is 4.37. The molecule has 0 aromatic heterocycles. The van der Waals surface area contributed by atoms with E-state index in [0.29, 0.717) is 35.5 Å². The monoisotopic (exact) mass is 501 g/mol. The Bertz CT molecular complexity index is 1300. The molecule has 0 saturated heterocycles. The molecule has 0 bridgehead atoms. The predicted octanol–water partition coefficient (Wildman–Crippen LogP) is 5.27. The number of nitrogens with one attached hydrogen (secondary N) is 1. The number of ketones is 1. The molecule has 1 fully saturated rings. The second-order valence-electron chi connectivity index (χ2n) is 10.2. The van der Waals surface area contributed by atoms with Gasteiger partial charge in [-0.2, -0.15) is 0 Å². The third-order valence-corrected chi connectivity index (χ3v) is 7.94. The van der Waals surface area contributed by atoms with Crippen LogP contribution in [0.3, 0.4) is 0 Å². The van der Waals surface area contributed by atoms with Gasteiger partial charge in [-0.15, -0.1) is 0 Å². The number of carbonyl (C=O) groups excluding carboxylic acids is 2. The molecule has 0 amide bonds. The second kappa shape index (κ2) is 9.61. The maximum Gasteiger partial charge on any atom is 0.337 e. The number of benzene rings is 2. The first-order valence-corrected chi connectivity index (χ1v) is 13.0. The molecule has 4 aliphatic rings. The topological polar surface area (TPSA) is 83.1 Å². The van der Waals surface area contributed by atoms with Crippen LogP contribution in [-0.4, -0.2) is 31.8 Å². The number of hydrogen-bond acceptors (Lipinski definition) is 7. The number of fused-ring (bicyclic) bond motifs is 1. The van der Waals surface area contributed by atoms with Crippen molar-refractivity contribution in [3.63, 3.8) is 0 Å². The van der Waals surface area contributed by atoms with Crippen LogP contribution in [0.4, 0.5) is 0 Å². The largest absolute Gasteiger partial charge is 0.497 e. The predicted molar refractivity (Wildman–Crippen MR) is 136 cm³/mol. The van der Waals surface area contributed by atoms with E-state index in [2.05, 4.69) is 5.32 Å². The Hall–Kier alpha value is -3.74. The Morgan fingerprint density at radius 3 is 2.46 bits per heavy atom. The average Bonchev–Trinajstić information content (AvgIpc) is 3.59. The molecule has 1 N–H and O–H groups in total. The van der Waals surface area contributed by atoms with Gasteiger partial charge in [-0.3, -0.25) is 4.79 Å². The Balaban J connectivity index is 1.38. The molecule has 192 valence electrons. The van der Waals surface area contributed by atoms with E-state index in [9.17, 15) is 9.59 Å². The van der Waals surface area contributed by atoms with Crippen LogP contribution in [0, 0.1) is 0 Å². The van der Waals surface area contributed by atoms with Gasteiger partial charge in [0.25, 0.3) is 0 Å². The SMILES string of the molecule is COc1ccc([C@H]2CC(=O)C3=C(C2)NC(C)=C(C(=O)OC2CCCC2)[C@@H]3c2ccc3c(c2)OCO3)cc1. The van der Waals surface area contributed by atoms with E-state index in [1.54, 1.807) is 7.11 Å². The van der Waals surface area contributed by atoms with Crippen LogP contribution < -0.4 is 19.5 Å². The molecule has 2 aromatic rings. The zero-order valence-electron chi connectivity index (χ0n) is 21.2. The zero-order valence-corrected chi connectivity index (χ0v) is 21.2. The fraction of sp³-hybridized carbons (Fsp3) is 0.400. The first-order valence-electron chi connectivity index (χ1n) is 13.0.